The number of nitrogens with one attached hydrogen (secondary N) is 1. The molecule has 0 fully saturated rings. The quantitative estimate of drug-likeness (QED) is 0.621. The van der Waals surface area contributed by atoms with Gasteiger partial charge >= 0.3 is 0 Å². The molecule has 0 saturated heterocycles. The van der Waals surface area contributed by atoms with Gasteiger partial charge in [0.25, 0.3) is 0 Å². The topological polar surface area (TPSA) is 25.2 Å². The Balaban J connectivity index is 2.37. The summed E-state index contributed by atoms with van der Waals surface area (Å²) in [5.74, 6) is 0. The van der Waals surface area contributed by atoms with Gasteiger partial charge in [-0.3, -0.25) is 0 Å². The fourth-order valence-electron chi connectivity index (χ4n) is 1.74. The number of hydrogen-bond donors (Lipinski definition) is 1. The van der Waals surface area contributed by atoms with E-state index in [2.05, 4.69) is 66.1 Å². The molecule has 2 aromatic heterocycles. The van der Waals surface area contributed by atoms with Gasteiger partial charge in [-0.05, 0) is 78.5 Å². The number of furan rings is 1. The zero-order chi connectivity index (χ0) is 13.1. The van der Waals surface area contributed by atoms with Crippen molar-refractivity contribution in [2.75, 3.05) is 6.54 Å². The van der Waals surface area contributed by atoms with E-state index in [0.717, 1.165) is 30.8 Å². The first kappa shape index (κ1) is 14.8. The summed E-state index contributed by atoms with van der Waals surface area (Å²) in [6.07, 6.45) is 2.80. The lowest BCUT2D eigenvalue weighted by Gasteiger charge is -2.17. The molecule has 1 atom stereocenters. The molecule has 0 radical (unpaired) electrons. The summed E-state index contributed by atoms with van der Waals surface area (Å²) in [6.45, 7) is 3.12. The van der Waals surface area contributed by atoms with Crippen LogP contribution in [0.1, 0.15) is 30.5 Å². The Morgan fingerprint density at radius 3 is 2.61 bits per heavy atom. The summed E-state index contributed by atoms with van der Waals surface area (Å²) in [5.41, 5.74) is 2.34. The van der Waals surface area contributed by atoms with E-state index in [1.165, 1.54) is 5.56 Å². The molecular weight excluding hydrogens is 446 g/mol. The minimum absolute atomic E-state index is 0.134. The van der Waals surface area contributed by atoms with Gasteiger partial charge in [0, 0.05) is 5.56 Å². The third-order valence-electron chi connectivity index (χ3n) is 2.55. The van der Waals surface area contributed by atoms with Gasteiger partial charge in [-0.15, -0.1) is 11.3 Å². The maximum Gasteiger partial charge on any atom is 0.174 e. The van der Waals surface area contributed by atoms with Crippen molar-refractivity contribution < 1.29 is 4.42 Å². The average Bonchev–Trinajstić information content (AvgIpc) is 2.87. The molecule has 2 nitrogen and oxygen atoms in total. The maximum atomic E-state index is 5.35. The lowest BCUT2D eigenvalue weighted by atomic mass is 10.0. The third kappa shape index (κ3) is 3.28. The van der Waals surface area contributed by atoms with E-state index in [0.29, 0.717) is 0 Å². The van der Waals surface area contributed by atoms with Crippen molar-refractivity contribution in [2.45, 2.75) is 19.4 Å². The number of hydrogen-bond acceptors (Lipinski definition) is 3. The normalized spacial score (nSPS) is 12.9. The Hall–Kier alpha value is 0.380. The van der Waals surface area contributed by atoms with Gasteiger partial charge < -0.3 is 9.73 Å². The van der Waals surface area contributed by atoms with Gasteiger partial charge in [-0.2, -0.15) is 0 Å². The Labute approximate surface area is 136 Å². The van der Waals surface area contributed by atoms with Gasteiger partial charge in [0.05, 0.1) is 19.9 Å². The Bertz CT molecular complexity index is 523. The molecule has 0 aliphatic heterocycles. The van der Waals surface area contributed by atoms with Crippen LogP contribution in [0.15, 0.2) is 35.1 Å². The van der Waals surface area contributed by atoms with Gasteiger partial charge in [0.1, 0.15) is 0 Å². The van der Waals surface area contributed by atoms with Crippen LogP contribution in [0, 0.1) is 0 Å². The first-order valence-corrected chi connectivity index (χ1v) is 8.74. The molecule has 0 aliphatic carbocycles. The summed E-state index contributed by atoms with van der Waals surface area (Å²) in [7, 11) is 0. The lowest BCUT2D eigenvalue weighted by Crippen LogP contribution is -2.22. The van der Waals surface area contributed by atoms with Crippen molar-refractivity contribution in [2.24, 2.45) is 0 Å². The van der Waals surface area contributed by atoms with E-state index in [4.69, 9.17) is 4.42 Å². The molecule has 0 amide bonds. The van der Waals surface area contributed by atoms with Crippen molar-refractivity contribution in [3.63, 3.8) is 0 Å². The third-order valence-corrected chi connectivity index (χ3v) is 5.58. The fraction of sp³-hybridized carbons (Fsp3) is 0.333. The molecule has 0 aromatic carbocycles. The van der Waals surface area contributed by atoms with Crippen molar-refractivity contribution in [1.82, 2.24) is 5.32 Å². The SMILES string of the molecule is CCCNC(c1ccoc1Br)c1cc(Br)sc1Br. The van der Waals surface area contributed by atoms with Crippen LogP contribution < -0.4 is 5.32 Å². The first-order chi connectivity index (χ1) is 8.63. The minimum Gasteiger partial charge on any atom is -0.457 e. The van der Waals surface area contributed by atoms with Crippen molar-refractivity contribution in [1.29, 1.82) is 0 Å². The second-order valence-corrected chi connectivity index (χ2v) is 8.29. The average molecular weight is 458 g/mol. The zero-order valence-corrected chi connectivity index (χ0v) is 15.2. The highest BCUT2D eigenvalue weighted by Crippen LogP contribution is 2.39. The van der Waals surface area contributed by atoms with Crippen LogP contribution >= 0.6 is 59.1 Å². The molecule has 2 aromatic rings. The number of rotatable bonds is 5. The molecule has 0 aliphatic rings. The van der Waals surface area contributed by atoms with Crippen molar-refractivity contribution in [3.05, 3.63) is 41.8 Å². The molecule has 18 heavy (non-hydrogen) atoms. The largest absolute Gasteiger partial charge is 0.457 e. The number of halogens is 3. The second kappa shape index (κ2) is 6.70. The Morgan fingerprint density at radius 1 is 1.33 bits per heavy atom. The van der Waals surface area contributed by atoms with Crippen molar-refractivity contribution >= 4 is 59.1 Å². The van der Waals surface area contributed by atoms with E-state index in [-0.39, 0.29) is 6.04 Å². The molecule has 1 unspecified atom stereocenters. The van der Waals surface area contributed by atoms with E-state index in [1.807, 2.05) is 6.07 Å². The highest BCUT2D eigenvalue weighted by Gasteiger charge is 2.22. The second-order valence-electron chi connectivity index (χ2n) is 3.82. The molecule has 1 N–H and O–H groups in total. The summed E-state index contributed by atoms with van der Waals surface area (Å²) < 4.78 is 8.38. The van der Waals surface area contributed by atoms with Crippen LogP contribution in [0.2, 0.25) is 0 Å². The van der Waals surface area contributed by atoms with Crippen LogP contribution in [0.25, 0.3) is 0 Å². The van der Waals surface area contributed by atoms with Crippen LogP contribution in [-0.4, -0.2) is 6.54 Å². The van der Waals surface area contributed by atoms with Gasteiger partial charge in [-0.25, -0.2) is 0 Å². The monoisotopic (exact) mass is 455 g/mol. The summed E-state index contributed by atoms with van der Waals surface area (Å²) in [6, 6.07) is 4.27. The molecule has 2 heterocycles. The van der Waals surface area contributed by atoms with Crippen LogP contribution in [0.3, 0.4) is 0 Å². The lowest BCUT2D eigenvalue weighted by molar-refractivity contribution is 0.523. The molecule has 0 spiro atoms. The van der Waals surface area contributed by atoms with E-state index in [9.17, 15) is 0 Å². The highest BCUT2D eigenvalue weighted by molar-refractivity contribution is 9.12. The molecule has 0 bridgehead atoms. The number of thiophene rings is 1. The molecule has 6 heteroatoms. The van der Waals surface area contributed by atoms with Gasteiger partial charge in [-0.1, -0.05) is 6.92 Å². The predicted molar refractivity (Wildman–Crippen MR) is 86.3 cm³/mol. The van der Waals surface area contributed by atoms with Crippen LogP contribution in [0.4, 0.5) is 0 Å². The minimum atomic E-state index is 0.134. The van der Waals surface area contributed by atoms with Gasteiger partial charge in [0.2, 0.25) is 0 Å². The highest BCUT2D eigenvalue weighted by atomic mass is 79.9. The Kier molecular flexibility index (Phi) is 5.50. The predicted octanol–water partition coefficient (Wildman–Crippen LogP) is 5.72. The van der Waals surface area contributed by atoms with E-state index in [1.54, 1.807) is 17.6 Å². The molecule has 0 saturated carbocycles. The summed E-state index contributed by atoms with van der Waals surface area (Å²) >= 11 is 12.3. The molecular formula is C12H12Br3NOS. The standard InChI is InChI=1S/C12H12Br3NOS/c1-2-4-16-10(7-3-5-17-11(7)14)8-6-9(13)18-12(8)15/h3,5-6,10,16H,2,4H2,1H3. The van der Waals surface area contributed by atoms with Crippen molar-refractivity contribution in [3.8, 4) is 0 Å². The van der Waals surface area contributed by atoms with Crippen LogP contribution in [0.5, 0.6) is 0 Å². The smallest absolute Gasteiger partial charge is 0.174 e. The first-order valence-electron chi connectivity index (χ1n) is 5.54. The maximum absolute atomic E-state index is 5.35. The Morgan fingerprint density at radius 2 is 2.11 bits per heavy atom. The summed E-state index contributed by atoms with van der Waals surface area (Å²) in [5, 5.41) is 3.55. The van der Waals surface area contributed by atoms with E-state index < -0.39 is 0 Å². The molecule has 98 valence electrons. The zero-order valence-electron chi connectivity index (χ0n) is 9.67. The molecule has 2 rings (SSSR count). The van der Waals surface area contributed by atoms with E-state index >= 15 is 0 Å². The van der Waals surface area contributed by atoms with Crippen LogP contribution in [-0.2, 0) is 0 Å². The summed E-state index contributed by atoms with van der Waals surface area (Å²) in [4.78, 5) is 0. The fourth-order valence-corrected chi connectivity index (χ4v) is 5.11. The van der Waals surface area contributed by atoms with Gasteiger partial charge in [0.15, 0.2) is 4.67 Å².